The van der Waals surface area contributed by atoms with Gasteiger partial charge in [0, 0.05) is 15.1 Å². The topological polar surface area (TPSA) is 0 Å². The fraction of sp³-hybridized carbons (Fsp3) is 0.143. The fourth-order valence-electron chi connectivity index (χ4n) is 1.72. The molecule has 2 aromatic carbocycles. The van der Waals surface area contributed by atoms with Crippen molar-refractivity contribution in [1.82, 2.24) is 0 Å². The highest BCUT2D eigenvalue weighted by molar-refractivity contribution is 9.10. The Kier molecular flexibility index (Phi) is 5.13. The van der Waals surface area contributed by atoms with E-state index in [2.05, 4.69) is 15.9 Å². The van der Waals surface area contributed by atoms with Gasteiger partial charge in [-0.05, 0) is 52.2 Å². The SMILES string of the molecule is Fc1cc(Br)c(Cl)cc1C(Cl)Cc1ccc(Cl)cc1. The quantitative estimate of drug-likeness (QED) is 0.425. The molecule has 0 aromatic heterocycles. The van der Waals surface area contributed by atoms with Gasteiger partial charge in [-0.2, -0.15) is 0 Å². The first-order valence-corrected chi connectivity index (χ1v) is 7.49. The molecule has 0 spiro atoms. The molecule has 0 radical (unpaired) electrons. The average molecular weight is 382 g/mol. The van der Waals surface area contributed by atoms with Crippen LogP contribution in [0.4, 0.5) is 4.39 Å². The summed E-state index contributed by atoms with van der Waals surface area (Å²) in [7, 11) is 0. The molecule has 0 aliphatic rings. The molecule has 0 N–H and O–H groups in total. The van der Waals surface area contributed by atoms with Crippen LogP contribution in [0.25, 0.3) is 0 Å². The molecule has 2 rings (SSSR count). The normalized spacial score (nSPS) is 12.5. The standard InChI is InChI=1S/C14H9BrCl3F/c15-11-7-14(19)10(6-13(11)18)12(17)5-8-1-3-9(16)4-2-8/h1-4,6-7,12H,5H2. The van der Waals surface area contributed by atoms with E-state index >= 15 is 0 Å². The summed E-state index contributed by atoms with van der Waals surface area (Å²) in [5.41, 5.74) is 1.38. The summed E-state index contributed by atoms with van der Waals surface area (Å²) < 4.78 is 14.4. The van der Waals surface area contributed by atoms with E-state index in [1.807, 2.05) is 12.1 Å². The van der Waals surface area contributed by atoms with Crippen LogP contribution in [0.3, 0.4) is 0 Å². The lowest BCUT2D eigenvalue weighted by Gasteiger charge is -2.12. The number of alkyl halides is 1. The minimum atomic E-state index is -0.480. The Morgan fingerprint density at radius 2 is 1.74 bits per heavy atom. The number of hydrogen-bond acceptors (Lipinski definition) is 0. The second-order valence-electron chi connectivity index (χ2n) is 4.09. The molecular weight excluding hydrogens is 373 g/mol. The van der Waals surface area contributed by atoms with Crippen molar-refractivity contribution in [2.45, 2.75) is 11.8 Å². The van der Waals surface area contributed by atoms with E-state index < -0.39 is 5.38 Å². The van der Waals surface area contributed by atoms with E-state index in [9.17, 15) is 4.39 Å². The van der Waals surface area contributed by atoms with Gasteiger partial charge in [-0.3, -0.25) is 0 Å². The van der Waals surface area contributed by atoms with Gasteiger partial charge >= 0.3 is 0 Å². The fourth-order valence-corrected chi connectivity index (χ4v) is 2.67. The summed E-state index contributed by atoms with van der Waals surface area (Å²) in [5.74, 6) is -0.370. The predicted molar refractivity (Wildman–Crippen MR) is 82.9 cm³/mol. The van der Waals surface area contributed by atoms with Gasteiger partial charge in [0.2, 0.25) is 0 Å². The summed E-state index contributed by atoms with van der Waals surface area (Å²) >= 11 is 21.2. The molecule has 0 heterocycles. The van der Waals surface area contributed by atoms with Gasteiger partial charge in [0.15, 0.2) is 0 Å². The lowest BCUT2D eigenvalue weighted by molar-refractivity contribution is 0.605. The summed E-state index contributed by atoms with van der Waals surface area (Å²) in [6.45, 7) is 0. The molecule has 2 aromatic rings. The minimum Gasteiger partial charge on any atom is -0.207 e. The Bertz CT molecular complexity index is 584. The second-order valence-corrected chi connectivity index (χ2v) is 6.31. The summed E-state index contributed by atoms with van der Waals surface area (Å²) in [6.07, 6.45) is 0.508. The third-order valence-corrected chi connectivity index (χ3v) is 4.54. The van der Waals surface area contributed by atoms with E-state index in [0.717, 1.165) is 5.56 Å². The van der Waals surface area contributed by atoms with Crippen molar-refractivity contribution in [3.05, 3.63) is 67.9 Å². The summed E-state index contributed by atoms with van der Waals surface area (Å²) in [6, 6.07) is 10.2. The third-order valence-electron chi connectivity index (χ3n) is 2.71. The number of benzene rings is 2. The monoisotopic (exact) mass is 380 g/mol. The molecule has 1 unspecified atom stereocenters. The first kappa shape index (κ1) is 15.1. The Morgan fingerprint density at radius 1 is 1.11 bits per heavy atom. The van der Waals surface area contributed by atoms with E-state index in [-0.39, 0.29) is 5.82 Å². The molecule has 0 saturated carbocycles. The van der Waals surface area contributed by atoms with Crippen LogP contribution in [0.5, 0.6) is 0 Å². The van der Waals surface area contributed by atoms with Gasteiger partial charge in [0.1, 0.15) is 5.82 Å². The Labute approximate surface area is 134 Å². The molecular formula is C14H9BrCl3F. The Balaban J connectivity index is 2.22. The van der Waals surface area contributed by atoms with Gasteiger partial charge < -0.3 is 0 Å². The van der Waals surface area contributed by atoms with Crippen molar-refractivity contribution >= 4 is 50.7 Å². The number of rotatable bonds is 3. The maximum atomic E-state index is 13.9. The molecule has 0 amide bonds. The summed E-state index contributed by atoms with van der Waals surface area (Å²) in [5, 5.41) is 0.623. The predicted octanol–water partition coefficient (Wildman–Crippen LogP) is 6.42. The van der Waals surface area contributed by atoms with Crippen molar-refractivity contribution in [3.63, 3.8) is 0 Å². The van der Waals surface area contributed by atoms with E-state index in [1.54, 1.807) is 18.2 Å². The zero-order valence-electron chi connectivity index (χ0n) is 9.64. The molecule has 5 heteroatoms. The first-order valence-electron chi connectivity index (χ1n) is 5.50. The minimum absolute atomic E-state index is 0.370. The molecule has 0 saturated heterocycles. The number of halogens is 5. The zero-order valence-corrected chi connectivity index (χ0v) is 13.5. The van der Waals surface area contributed by atoms with E-state index in [0.29, 0.717) is 26.5 Å². The van der Waals surface area contributed by atoms with Crippen molar-refractivity contribution in [2.24, 2.45) is 0 Å². The maximum Gasteiger partial charge on any atom is 0.129 e. The van der Waals surface area contributed by atoms with Crippen LogP contribution >= 0.6 is 50.7 Å². The van der Waals surface area contributed by atoms with E-state index in [4.69, 9.17) is 34.8 Å². The van der Waals surface area contributed by atoms with Crippen LogP contribution in [0.15, 0.2) is 40.9 Å². The van der Waals surface area contributed by atoms with Crippen molar-refractivity contribution in [3.8, 4) is 0 Å². The smallest absolute Gasteiger partial charge is 0.129 e. The van der Waals surface area contributed by atoms with Crippen molar-refractivity contribution < 1.29 is 4.39 Å². The highest BCUT2D eigenvalue weighted by atomic mass is 79.9. The van der Waals surface area contributed by atoms with Crippen LogP contribution in [0.1, 0.15) is 16.5 Å². The molecule has 0 aliphatic carbocycles. The highest BCUT2D eigenvalue weighted by Gasteiger charge is 2.16. The third kappa shape index (κ3) is 3.85. The van der Waals surface area contributed by atoms with Crippen molar-refractivity contribution in [1.29, 1.82) is 0 Å². The molecule has 0 fully saturated rings. The van der Waals surface area contributed by atoms with Crippen LogP contribution in [0.2, 0.25) is 10.0 Å². The van der Waals surface area contributed by atoms with Crippen LogP contribution < -0.4 is 0 Å². The largest absolute Gasteiger partial charge is 0.207 e. The molecule has 0 bridgehead atoms. The maximum absolute atomic E-state index is 13.9. The Hall–Kier alpha value is -0.280. The molecule has 1 atom stereocenters. The second kappa shape index (κ2) is 6.45. The van der Waals surface area contributed by atoms with Gasteiger partial charge in [-0.25, -0.2) is 4.39 Å². The van der Waals surface area contributed by atoms with Crippen LogP contribution in [-0.4, -0.2) is 0 Å². The molecule has 19 heavy (non-hydrogen) atoms. The molecule has 100 valence electrons. The highest BCUT2D eigenvalue weighted by Crippen LogP contribution is 2.33. The average Bonchev–Trinajstić information content (AvgIpc) is 2.36. The first-order chi connectivity index (χ1) is 8.97. The van der Waals surface area contributed by atoms with Gasteiger partial charge in [-0.15, -0.1) is 11.6 Å². The molecule has 0 nitrogen and oxygen atoms in total. The summed E-state index contributed by atoms with van der Waals surface area (Å²) in [4.78, 5) is 0. The van der Waals surface area contributed by atoms with Gasteiger partial charge in [-0.1, -0.05) is 35.3 Å². The lowest BCUT2D eigenvalue weighted by atomic mass is 10.0. The lowest BCUT2D eigenvalue weighted by Crippen LogP contribution is -1.99. The zero-order chi connectivity index (χ0) is 14.0. The van der Waals surface area contributed by atoms with Crippen molar-refractivity contribution in [2.75, 3.05) is 0 Å². The number of hydrogen-bond donors (Lipinski definition) is 0. The van der Waals surface area contributed by atoms with Gasteiger partial charge in [0.05, 0.1) is 10.4 Å². The van der Waals surface area contributed by atoms with Crippen LogP contribution in [-0.2, 0) is 6.42 Å². The Morgan fingerprint density at radius 3 is 2.37 bits per heavy atom. The van der Waals surface area contributed by atoms with Gasteiger partial charge in [0.25, 0.3) is 0 Å². The molecule has 0 aliphatic heterocycles. The van der Waals surface area contributed by atoms with Crippen LogP contribution in [0, 0.1) is 5.82 Å². The van der Waals surface area contributed by atoms with E-state index in [1.165, 1.54) is 6.07 Å².